The summed E-state index contributed by atoms with van der Waals surface area (Å²) in [6.45, 7) is 1.98. The van der Waals surface area contributed by atoms with E-state index in [1.54, 1.807) is 12.1 Å². The van der Waals surface area contributed by atoms with Gasteiger partial charge in [0.25, 0.3) is 0 Å². The molecule has 18 heavy (non-hydrogen) atoms. The molecule has 0 saturated heterocycles. The van der Waals surface area contributed by atoms with E-state index in [-0.39, 0.29) is 29.2 Å². The first-order valence-electron chi connectivity index (χ1n) is 6.01. The Morgan fingerprint density at radius 2 is 2.11 bits per heavy atom. The van der Waals surface area contributed by atoms with Crippen molar-refractivity contribution in [3.63, 3.8) is 0 Å². The van der Waals surface area contributed by atoms with Crippen molar-refractivity contribution in [2.75, 3.05) is 0 Å². The van der Waals surface area contributed by atoms with Crippen LogP contribution in [-0.4, -0.2) is 16.7 Å². The third-order valence-electron chi connectivity index (χ3n) is 3.33. The summed E-state index contributed by atoms with van der Waals surface area (Å²) in [5.74, 6) is -0.0555. The second-order valence-electron chi connectivity index (χ2n) is 5.01. The number of rotatable bonds is 2. The lowest BCUT2D eigenvalue weighted by molar-refractivity contribution is -0.122. The van der Waals surface area contributed by atoms with Gasteiger partial charge in [-0.05, 0) is 30.5 Å². The molecule has 0 aliphatic heterocycles. The molecule has 2 unspecified atom stereocenters. The lowest BCUT2D eigenvalue weighted by Gasteiger charge is -2.24. The van der Waals surface area contributed by atoms with Gasteiger partial charge in [0.15, 0.2) is 5.78 Å². The monoisotopic (exact) mass is 310 g/mol. The van der Waals surface area contributed by atoms with Crippen LogP contribution in [0.4, 0.5) is 0 Å². The van der Waals surface area contributed by atoms with Gasteiger partial charge < -0.3 is 5.11 Å². The number of halogens is 1. The summed E-state index contributed by atoms with van der Waals surface area (Å²) >= 11 is 3.28. The Morgan fingerprint density at radius 3 is 2.78 bits per heavy atom. The van der Waals surface area contributed by atoms with E-state index in [0.29, 0.717) is 18.4 Å². The quantitative estimate of drug-likeness (QED) is 0.852. The van der Waals surface area contributed by atoms with Gasteiger partial charge in [-0.25, -0.2) is 0 Å². The lowest BCUT2D eigenvalue weighted by Crippen LogP contribution is -2.27. The maximum Gasteiger partial charge on any atom is 0.170 e. The number of phenols is 1. The van der Waals surface area contributed by atoms with Gasteiger partial charge in [-0.3, -0.25) is 9.59 Å². The highest BCUT2D eigenvalue weighted by atomic mass is 79.9. The molecule has 2 rings (SSSR count). The number of carbonyl (C=O) groups is 2. The van der Waals surface area contributed by atoms with Crippen LogP contribution in [0.15, 0.2) is 22.7 Å². The normalized spacial score (nSPS) is 24.0. The third kappa shape index (κ3) is 2.80. The number of phenolic OH excluding ortho intramolecular Hbond substituents is 1. The molecule has 1 fully saturated rings. The molecule has 1 aliphatic rings. The highest BCUT2D eigenvalue weighted by Gasteiger charge is 2.31. The number of Topliss-reactive ketones (excluding diaryl/α,β-unsaturated/α-hetero) is 2. The zero-order valence-electron chi connectivity index (χ0n) is 10.1. The molecule has 0 radical (unpaired) electrons. The summed E-state index contributed by atoms with van der Waals surface area (Å²) in [5.41, 5.74) is 0.302. The molecule has 3 nitrogen and oxygen atoms in total. The second kappa shape index (κ2) is 5.22. The molecule has 0 spiro atoms. The second-order valence-corrected chi connectivity index (χ2v) is 5.93. The van der Waals surface area contributed by atoms with Crippen LogP contribution in [0, 0.1) is 11.8 Å². The van der Waals surface area contributed by atoms with E-state index >= 15 is 0 Å². The van der Waals surface area contributed by atoms with E-state index in [1.807, 2.05) is 6.92 Å². The Balaban J connectivity index is 2.25. The fraction of sp³-hybridized carbons (Fsp3) is 0.429. The summed E-state index contributed by atoms with van der Waals surface area (Å²) < 4.78 is 0.749. The molecule has 96 valence electrons. The van der Waals surface area contributed by atoms with Crippen molar-refractivity contribution in [2.24, 2.45) is 11.8 Å². The fourth-order valence-electron chi connectivity index (χ4n) is 2.52. The molecule has 4 heteroatoms. The maximum absolute atomic E-state index is 12.3. The molecule has 0 aromatic heterocycles. The zero-order valence-corrected chi connectivity index (χ0v) is 11.7. The molecule has 1 saturated carbocycles. The van der Waals surface area contributed by atoms with Crippen LogP contribution >= 0.6 is 15.9 Å². The smallest absolute Gasteiger partial charge is 0.170 e. The van der Waals surface area contributed by atoms with Gasteiger partial charge in [0, 0.05) is 23.2 Å². The molecular weight excluding hydrogens is 296 g/mol. The number of aromatic hydroxyl groups is 1. The van der Waals surface area contributed by atoms with Crippen molar-refractivity contribution in [1.29, 1.82) is 0 Å². The summed E-state index contributed by atoms with van der Waals surface area (Å²) in [6.07, 6.45) is 1.58. The number of ketones is 2. The number of carbonyl (C=O) groups excluding carboxylic acids is 2. The van der Waals surface area contributed by atoms with Gasteiger partial charge in [0.2, 0.25) is 0 Å². The van der Waals surface area contributed by atoms with E-state index < -0.39 is 0 Å². The van der Waals surface area contributed by atoms with Crippen molar-refractivity contribution in [1.82, 2.24) is 0 Å². The summed E-state index contributed by atoms with van der Waals surface area (Å²) in [5, 5.41) is 9.74. The maximum atomic E-state index is 12.3. The van der Waals surface area contributed by atoms with Crippen LogP contribution in [0.5, 0.6) is 5.75 Å². The van der Waals surface area contributed by atoms with Crippen LogP contribution in [0.3, 0.4) is 0 Å². The van der Waals surface area contributed by atoms with Gasteiger partial charge in [0.1, 0.15) is 11.5 Å². The van der Waals surface area contributed by atoms with Crippen molar-refractivity contribution < 1.29 is 14.7 Å². The first-order valence-corrected chi connectivity index (χ1v) is 6.81. The Morgan fingerprint density at radius 1 is 1.39 bits per heavy atom. The summed E-state index contributed by atoms with van der Waals surface area (Å²) in [4.78, 5) is 23.9. The molecule has 1 N–H and O–H groups in total. The third-order valence-corrected chi connectivity index (χ3v) is 3.83. The molecule has 0 heterocycles. The van der Waals surface area contributed by atoms with Gasteiger partial charge in [-0.1, -0.05) is 22.9 Å². The topological polar surface area (TPSA) is 54.4 Å². The van der Waals surface area contributed by atoms with Gasteiger partial charge in [0.05, 0.1) is 5.56 Å². The summed E-state index contributed by atoms with van der Waals surface area (Å²) in [6, 6.07) is 4.79. The van der Waals surface area contributed by atoms with Gasteiger partial charge >= 0.3 is 0 Å². The molecule has 0 bridgehead atoms. The predicted octanol–water partition coefficient (Wildman–Crippen LogP) is 3.34. The SMILES string of the molecule is CC1CC(=O)CC(C(=O)c2cc(Br)ccc2O)C1. The van der Waals surface area contributed by atoms with Crippen LogP contribution in [0.2, 0.25) is 0 Å². The van der Waals surface area contributed by atoms with E-state index in [0.717, 1.165) is 10.9 Å². The molecular formula is C14H15BrO3. The van der Waals surface area contributed by atoms with Crippen LogP contribution in [0.1, 0.15) is 36.5 Å². The molecule has 1 aromatic rings. The van der Waals surface area contributed by atoms with Crippen molar-refractivity contribution in [2.45, 2.75) is 26.2 Å². The highest BCUT2D eigenvalue weighted by molar-refractivity contribution is 9.10. The van der Waals surface area contributed by atoms with Crippen LogP contribution < -0.4 is 0 Å². The largest absolute Gasteiger partial charge is 0.507 e. The van der Waals surface area contributed by atoms with Crippen LogP contribution in [-0.2, 0) is 4.79 Å². The van der Waals surface area contributed by atoms with E-state index in [9.17, 15) is 14.7 Å². The first kappa shape index (κ1) is 13.3. The van der Waals surface area contributed by atoms with E-state index in [1.165, 1.54) is 6.07 Å². The first-order chi connectivity index (χ1) is 8.47. The van der Waals surface area contributed by atoms with Crippen LogP contribution in [0.25, 0.3) is 0 Å². The standard InChI is InChI=1S/C14H15BrO3/c1-8-4-9(6-11(16)5-8)14(18)12-7-10(15)2-3-13(12)17/h2-3,7-9,17H,4-6H2,1H3. The van der Waals surface area contributed by atoms with Crippen molar-refractivity contribution >= 4 is 27.5 Å². The Hall–Kier alpha value is -1.16. The predicted molar refractivity (Wildman–Crippen MR) is 71.6 cm³/mol. The minimum atomic E-state index is -0.290. The number of hydrogen-bond donors (Lipinski definition) is 1. The molecule has 2 atom stereocenters. The Labute approximate surface area is 114 Å². The van der Waals surface area contributed by atoms with Crippen molar-refractivity contribution in [3.8, 4) is 5.75 Å². The average molecular weight is 311 g/mol. The Bertz CT molecular complexity index is 496. The highest BCUT2D eigenvalue weighted by Crippen LogP contribution is 2.32. The molecule has 0 amide bonds. The zero-order chi connectivity index (χ0) is 13.3. The minimum Gasteiger partial charge on any atom is -0.507 e. The number of hydrogen-bond acceptors (Lipinski definition) is 3. The average Bonchev–Trinajstić information content (AvgIpc) is 2.30. The van der Waals surface area contributed by atoms with Gasteiger partial charge in [-0.15, -0.1) is 0 Å². The Kier molecular flexibility index (Phi) is 3.85. The molecule has 1 aromatic carbocycles. The van der Waals surface area contributed by atoms with E-state index in [2.05, 4.69) is 15.9 Å². The van der Waals surface area contributed by atoms with E-state index in [4.69, 9.17) is 0 Å². The molecule has 1 aliphatic carbocycles. The van der Waals surface area contributed by atoms with Gasteiger partial charge in [-0.2, -0.15) is 0 Å². The lowest BCUT2D eigenvalue weighted by atomic mass is 9.78. The number of benzene rings is 1. The summed E-state index contributed by atoms with van der Waals surface area (Å²) in [7, 11) is 0. The fourth-order valence-corrected chi connectivity index (χ4v) is 2.89. The van der Waals surface area contributed by atoms with Crippen molar-refractivity contribution in [3.05, 3.63) is 28.2 Å². The minimum absolute atomic E-state index is 0.0196.